The molecule has 2 rings (SSSR count). The van der Waals surface area contributed by atoms with Crippen molar-refractivity contribution in [2.24, 2.45) is 5.92 Å². The van der Waals surface area contributed by atoms with Crippen LogP contribution in [0.3, 0.4) is 0 Å². The lowest BCUT2D eigenvalue weighted by molar-refractivity contribution is 0.209. The molecule has 1 atom stereocenters. The Hall–Kier alpha value is -1.46. The van der Waals surface area contributed by atoms with Crippen molar-refractivity contribution in [1.29, 1.82) is 0 Å². The van der Waals surface area contributed by atoms with E-state index in [1.807, 2.05) is 18.2 Å². The minimum Gasteiger partial charge on any atom is -0.398 e. The van der Waals surface area contributed by atoms with Crippen molar-refractivity contribution < 1.29 is 5.11 Å². The molecule has 2 nitrogen and oxygen atoms in total. The van der Waals surface area contributed by atoms with Gasteiger partial charge >= 0.3 is 0 Å². The van der Waals surface area contributed by atoms with Gasteiger partial charge in [-0.1, -0.05) is 31.8 Å². The van der Waals surface area contributed by atoms with E-state index < -0.39 is 6.10 Å². The zero-order valence-electron chi connectivity index (χ0n) is 10.4. The molecule has 90 valence electrons. The second kappa shape index (κ2) is 4.81. The number of hydrogen-bond donors (Lipinski definition) is 2. The van der Waals surface area contributed by atoms with Gasteiger partial charge in [0.15, 0.2) is 0 Å². The van der Waals surface area contributed by atoms with Crippen LogP contribution in [0.2, 0.25) is 0 Å². The van der Waals surface area contributed by atoms with Gasteiger partial charge in [0.05, 0.1) is 0 Å². The SMILES string of the molecule is CC(C)c1ccc(N)c(C#CC(O)C2CC2)c1. The average Bonchev–Trinajstić information content (AvgIpc) is 3.11. The van der Waals surface area contributed by atoms with Crippen molar-refractivity contribution in [1.82, 2.24) is 0 Å². The summed E-state index contributed by atoms with van der Waals surface area (Å²) in [4.78, 5) is 0. The van der Waals surface area contributed by atoms with Gasteiger partial charge in [-0.25, -0.2) is 0 Å². The number of hydrogen-bond acceptors (Lipinski definition) is 2. The molecule has 3 N–H and O–H groups in total. The summed E-state index contributed by atoms with van der Waals surface area (Å²) in [6, 6.07) is 5.94. The van der Waals surface area contributed by atoms with E-state index in [9.17, 15) is 5.11 Å². The third-order valence-electron chi connectivity index (χ3n) is 3.17. The quantitative estimate of drug-likeness (QED) is 0.604. The van der Waals surface area contributed by atoms with E-state index in [0.29, 0.717) is 17.5 Å². The predicted molar refractivity (Wildman–Crippen MR) is 70.6 cm³/mol. The minimum absolute atomic E-state index is 0.386. The molecule has 0 bridgehead atoms. The fourth-order valence-corrected chi connectivity index (χ4v) is 1.72. The fourth-order valence-electron chi connectivity index (χ4n) is 1.72. The molecule has 1 fully saturated rings. The summed E-state index contributed by atoms with van der Waals surface area (Å²) in [6.45, 7) is 4.28. The Morgan fingerprint density at radius 1 is 1.35 bits per heavy atom. The fraction of sp³-hybridized carbons (Fsp3) is 0.467. The van der Waals surface area contributed by atoms with Crippen LogP contribution in [0.5, 0.6) is 0 Å². The summed E-state index contributed by atoms with van der Waals surface area (Å²) in [6.07, 6.45) is 1.70. The molecule has 1 aliphatic rings. The van der Waals surface area contributed by atoms with Crippen molar-refractivity contribution in [2.75, 3.05) is 5.73 Å². The lowest BCUT2D eigenvalue weighted by atomic mass is 10.00. The van der Waals surface area contributed by atoms with Crippen LogP contribution < -0.4 is 5.73 Å². The molecule has 0 saturated heterocycles. The van der Waals surface area contributed by atoms with Gasteiger partial charge in [-0.15, -0.1) is 0 Å². The number of rotatable bonds is 2. The molecule has 17 heavy (non-hydrogen) atoms. The molecule has 1 aromatic rings. The minimum atomic E-state index is -0.489. The van der Waals surface area contributed by atoms with Crippen LogP contribution in [-0.4, -0.2) is 11.2 Å². The average molecular weight is 229 g/mol. The summed E-state index contributed by atoms with van der Waals surface area (Å²) < 4.78 is 0. The Balaban J connectivity index is 2.21. The van der Waals surface area contributed by atoms with Gasteiger partial charge in [-0.2, -0.15) is 0 Å². The number of aliphatic hydroxyl groups is 1. The topological polar surface area (TPSA) is 46.2 Å². The molecule has 0 heterocycles. The van der Waals surface area contributed by atoms with Crippen LogP contribution in [0.25, 0.3) is 0 Å². The zero-order valence-corrected chi connectivity index (χ0v) is 10.4. The van der Waals surface area contributed by atoms with Crippen molar-refractivity contribution >= 4 is 5.69 Å². The second-order valence-electron chi connectivity index (χ2n) is 5.05. The number of nitrogens with two attached hydrogens (primary N) is 1. The molecule has 0 radical (unpaired) electrons. The standard InChI is InChI=1S/C15H19NO/c1-10(2)12-5-7-14(16)13(9-12)6-8-15(17)11-3-4-11/h5,7,9-11,15,17H,3-4,16H2,1-2H3. The Morgan fingerprint density at radius 2 is 2.06 bits per heavy atom. The molecule has 1 unspecified atom stereocenters. The van der Waals surface area contributed by atoms with Crippen LogP contribution in [0, 0.1) is 17.8 Å². The monoisotopic (exact) mass is 229 g/mol. The lowest BCUT2D eigenvalue weighted by Crippen LogP contribution is -2.05. The molecule has 0 aromatic heterocycles. The summed E-state index contributed by atoms with van der Waals surface area (Å²) >= 11 is 0. The highest BCUT2D eigenvalue weighted by molar-refractivity contribution is 5.57. The van der Waals surface area contributed by atoms with Crippen LogP contribution in [0.1, 0.15) is 43.7 Å². The maximum Gasteiger partial charge on any atom is 0.117 e. The van der Waals surface area contributed by atoms with Gasteiger partial charge in [-0.05, 0) is 42.4 Å². The van der Waals surface area contributed by atoms with Crippen molar-refractivity contribution in [3.63, 3.8) is 0 Å². The number of anilines is 1. The maximum atomic E-state index is 9.71. The van der Waals surface area contributed by atoms with Crippen molar-refractivity contribution in [3.05, 3.63) is 29.3 Å². The van der Waals surface area contributed by atoms with Crippen molar-refractivity contribution in [3.8, 4) is 11.8 Å². The summed E-state index contributed by atoms with van der Waals surface area (Å²) in [5, 5.41) is 9.71. The van der Waals surface area contributed by atoms with Crippen molar-refractivity contribution in [2.45, 2.75) is 38.7 Å². The highest BCUT2D eigenvalue weighted by atomic mass is 16.3. The Bertz CT molecular complexity index is 464. The zero-order chi connectivity index (χ0) is 12.4. The third kappa shape index (κ3) is 3.01. The van der Waals surface area contributed by atoms with E-state index >= 15 is 0 Å². The molecule has 2 heteroatoms. The normalized spacial score (nSPS) is 16.5. The molecular weight excluding hydrogens is 210 g/mol. The van der Waals surface area contributed by atoms with E-state index in [4.69, 9.17) is 5.73 Å². The molecule has 0 amide bonds. The van der Waals surface area contributed by atoms with Gasteiger partial charge in [0.1, 0.15) is 6.10 Å². The number of aliphatic hydroxyl groups excluding tert-OH is 1. The number of benzene rings is 1. The first kappa shape index (κ1) is 12.0. The molecular formula is C15H19NO. The van der Waals surface area contributed by atoms with Crippen LogP contribution in [0.4, 0.5) is 5.69 Å². The van der Waals surface area contributed by atoms with Crippen LogP contribution in [-0.2, 0) is 0 Å². The van der Waals surface area contributed by atoms with Gasteiger partial charge in [0.2, 0.25) is 0 Å². The Morgan fingerprint density at radius 3 is 2.65 bits per heavy atom. The van der Waals surface area contributed by atoms with Gasteiger partial charge in [0.25, 0.3) is 0 Å². The van der Waals surface area contributed by atoms with E-state index in [1.165, 1.54) is 5.56 Å². The Labute approximate surface area is 103 Å². The maximum absolute atomic E-state index is 9.71. The largest absolute Gasteiger partial charge is 0.398 e. The predicted octanol–water partition coefficient (Wildman–Crippen LogP) is 2.51. The lowest BCUT2D eigenvalue weighted by Gasteiger charge is -2.07. The summed E-state index contributed by atoms with van der Waals surface area (Å²) in [7, 11) is 0. The first-order valence-electron chi connectivity index (χ1n) is 6.17. The van der Waals surface area contributed by atoms with Gasteiger partial charge < -0.3 is 10.8 Å². The van der Waals surface area contributed by atoms with E-state index in [1.54, 1.807) is 0 Å². The summed E-state index contributed by atoms with van der Waals surface area (Å²) in [5.41, 5.74) is 8.62. The van der Waals surface area contributed by atoms with Gasteiger partial charge in [0, 0.05) is 11.3 Å². The Kier molecular flexibility index (Phi) is 3.40. The summed E-state index contributed by atoms with van der Waals surface area (Å²) in [5.74, 6) is 6.75. The highest BCUT2D eigenvalue weighted by Crippen LogP contribution is 2.32. The first-order valence-corrected chi connectivity index (χ1v) is 6.17. The molecule has 1 aliphatic carbocycles. The first-order chi connectivity index (χ1) is 8.08. The van der Waals surface area contributed by atoms with E-state index in [0.717, 1.165) is 18.4 Å². The smallest absolute Gasteiger partial charge is 0.117 e. The molecule has 1 saturated carbocycles. The number of nitrogen functional groups attached to an aromatic ring is 1. The van der Waals surface area contributed by atoms with Crippen LogP contribution in [0.15, 0.2) is 18.2 Å². The second-order valence-corrected chi connectivity index (χ2v) is 5.05. The molecule has 1 aromatic carbocycles. The molecule has 0 spiro atoms. The van der Waals surface area contributed by atoms with E-state index in [-0.39, 0.29) is 0 Å². The van der Waals surface area contributed by atoms with Gasteiger partial charge in [-0.3, -0.25) is 0 Å². The van der Waals surface area contributed by atoms with Crippen LogP contribution >= 0.6 is 0 Å². The molecule has 0 aliphatic heterocycles. The highest BCUT2D eigenvalue weighted by Gasteiger charge is 2.28. The van der Waals surface area contributed by atoms with E-state index in [2.05, 4.69) is 25.7 Å². The third-order valence-corrected chi connectivity index (χ3v) is 3.17.